The van der Waals surface area contributed by atoms with Crippen molar-refractivity contribution in [2.45, 2.75) is 65.5 Å². The number of nitrogens with one attached hydrogen (secondary N) is 2. The highest BCUT2D eigenvalue weighted by atomic mass is 127. The van der Waals surface area contributed by atoms with Crippen molar-refractivity contribution in [3.05, 3.63) is 16.1 Å². The van der Waals surface area contributed by atoms with Crippen molar-refractivity contribution in [1.82, 2.24) is 20.5 Å². The van der Waals surface area contributed by atoms with Crippen LogP contribution in [-0.4, -0.2) is 59.8 Å². The molecule has 160 valence electrons. The summed E-state index contributed by atoms with van der Waals surface area (Å²) >= 11 is 1.72. The van der Waals surface area contributed by atoms with Crippen molar-refractivity contribution in [3.63, 3.8) is 0 Å². The predicted molar refractivity (Wildman–Crippen MR) is 126 cm³/mol. The van der Waals surface area contributed by atoms with Gasteiger partial charge in [-0.2, -0.15) is 0 Å². The summed E-state index contributed by atoms with van der Waals surface area (Å²) in [4.78, 5) is 23.4. The van der Waals surface area contributed by atoms with Gasteiger partial charge in [0.15, 0.2) is 5.96 Å². The zero-order chi connectivity index (χ0) is 19.9. The molecule has 2 N–H and O–H groups in total. The molecule has 1 aliphatic heterocycles. The molecule has 1 unspecified atom stereocenters. The summed E-state index contributed by atoms with van der Waals surface area (Å²) in [6.07, 6.45) is 2.48. The number of aromatic nitrogens is 1. The number of aliphatic imine (C=N–C) groups is 1. The molecule has 1 aromatic heterocycles. The van der Waals surface area contributed by atoms with Gasteiger partial charge in [-0.1, -0.05) is 0 Å². The molecule has 1 aromatic rings. The van der Waals surface area contributed by atoms with E-state index in [2.05, 4.69) is 32.8 Å². The van der Waals surface area contributed by atoms with Crippen molar-refractivity contribution in [2.75, 3.05) is 26.2 Å². The second kappa shape index (κ2) is 11.8. The second-order valence-corrected chi connectivity index (χ2v) is 8.74. The Morgan fingerprint density at radius 3 is 2.82 bits per heavy atom. The SMILES string of the molecule is CCNC(=NCCCc1nc(C)cs1)N1CCC(NC(=O)OC(C)(C)C)C1.I. The molecule has 0 radical (unpaired) electrons. The Bertz CT molecular complexity index is 645. The number of amides is 1. The lowest BCUT2D eigenvalue weighted by Gasteiger charge is -2.23. The number of hydrogen-bond acceptors (Lipinski definition) is 5. The van der Waals surface area contributed by atoms with Gasteiger partial charge >= 0.3 is 6.09 Å². The van der Waals surface area contributed by atoms with Crippen LogP contribution in [-0.2, 0) is 11.2 Å². The van der Waals surface area contributed by atoms with Crippen molar-refractivity contribution in [2.24, 2.45) is 4.99 Å². The van der Waals surface area contributed by atoms with Gasteiger partial charge in [-0.3, -0.25) is 4.99 Å². The molecule has 0 aliphatic carbocycles. The normalized spacial score (nSPS) is 17.2. The molecule has 1 amide bonds. The predicted octanol–water partition coefficient (Wildman–Crippen LogP) is 3.57. The number of carbonyl (C=O) groups is 1. The van der Waals surface area contributed by atoms with E-state index in [4.69, 9.17) is 9.73 Å². The number of rotatable bonds is 6. The Morgan fingerprint density at radius 2 is 2.21 bits per heavy atom. The molecule has 0 bridgehead atoms. The first-order chi connectivity index (χ1) is 12.8. The molecule has 7 nitrogen and oxygen atoms in total. The topological polar surface area (TPSA) is 78.9 Å². The number of likely N-dealkylation sites (tertiary alicyclic amines) is 1. The maximum atomic E-state index is 12.0. The second-order valence-electron chi connectivity index (χ2n) is 7.80. The van der Waals surface area contributed by atoms with E-state index in [-0.39, 0.29) is 36.1 Å². The van der Waals surface area contributed by atoms with Crippen molar-refractivity contribution >= 4 is 47.4 Å². The highest BCUT2D eigenvalue weighted by Gasteiger charge is 2.27. The highest BCUT2D eigenvalue weighted by Crippen LogP contribution is 2.13. The largest absolute Gasteiger partial charge is 0.444 e. The summed E-state index contributed by atoms with van der Waals surface area (Å²) in [5, 5.41) is 9.58. The van der Waals surface area contributed by atoms with E-state index in [0.29, 0.717) is 0 Å². The molecular weight excluding hydrogens is 489 g/mol. The van der Waals surface area contributed by atoms with Crippen molar-refractivity contribution < 1.29 is 9.53 Å². The van der Waals surface area contributed by atoms with Gasteiger partial charge < -0.3 is 20.3 Å². The number of thiazole rings is 1. The number of aryl methyl sites for hydroxylation is 2. The van der Waals surface area contributed by atoms with Gasteiger partial charge in [0.25, 0.3) is 0 Å². The molecule has 0 aromatic carbocycles. The minimum Gasteiger partial charge on any atom is -0.444 e. The summed E-state index contributed by atoms with van der Waals surface area (Å²) in [6.45, 7) is 12.9. The van der Waals surface area contributed by atoms with Gasteiger partial charge in [-0.05, 0) is 47.5 Å². The Hall–Kier alpha value is -1.10. The van der Waals surface area contributed by atoms with Gasteiger partial charge in [-0.25, -0.2) is 9.78 Å². The molecule has 0 saturated carbocycles. The monoisotopic (exact) mass is 523 g/mol. The molecule has 0 spiro atoms. The maximum Gasteiger partial charge on any atom is 0.407 e. The average Bonchev–Trinajstić information content (AvgIpc) is 3.17. The summed E-state index contributed by atoms with van der Waals surface area (Å²) < 4.78 is 5.35. The van der Waals surface area contributed by atoms with E-state index in [1.165, 1.54) is 5.01 Å². The van der Waals surface area contributed by atoms with Gasteiger partial charge in [0, 0.05) is 43.7 Å². The molecule has 1 atom stereocenters. The molecule has 2 rings (SSSR count). The van der Waals surface area contributed by atoms with Crippen LogP contribution in [0.1, 0.15) is 51.2 Å². The third-order valence-corrected chi connectivity index (χ3v) is 5.05. The van der Waals surface area contributed by atoms with Crippen LogP contribution in [0.5, 0.6) is 0 Å². The molecule has 28 heavy (non-hydrogen) atoms. The minimum atomic E-state index is -0.477. The average molecular weight is 523 g/mol. The Labute approximate surface area is 189 Å². The number of hydrogen-bond donors (Lipinski definition) is 2. The molecule has 1 fully saturated rings. The fraction of sp³-hybridized carbons (Fsp3) is 0.737. The van der Waals surface area contributed by atoms with Crippen LogP contribution in [0, 0.1) is 6.92 Å². The van der Waals surface area contributed by atoms with E-state index in [9.17, 15) is 4.79 Å². The van der Waals surface area contributed by atoms with Crippen LogP contribution in [0.2, 0.25) is 0 Å². The number of guanidine groups is 1. The molecular formula is C19H34IN5O2S. The zero-order valence-electron chi connectivity index (χ0n) is 17.6. The Balaban J connectivity index is 0.00000392. The molecule has 9 heteroatoms. The molecule has 1 saturated heterocycles. The lowest BCUT2D eigenvalue weighted by atomic mass is 10.2. The van der Waals surface area contributed by atoms with Crippen LogP contribution >= 0.6 is 35.3 Å². The van der Waals surface area contributed by atoms with Gasteiger partial charge in [-0.15, -0.1) is 35.3 Å². The standard InChI is InChI=1S/C19H33N5O2S.HI/c1-6-20-17(21-10-7-8-16-22-14(2)13-27-16)24-11-9-15(12-24)23-18(25)26-19(3,4)5;/h13,15H,6-12H2,1-5H3,(H,20,21)(H,23,25);1H. The third kappa shape index (κ3) is 8.93. The van der Waals surface area contributed by atoms with E-state index >= 15 is 0 Å². The van der Waals surface area contributed by atoms with Crippen molar-refractivity contribution in [1.29, 1.82) is 0 Å². The summed E-state index contributed by atoms with van der Waals surface area (Å²) in [5.74, 6) is 0.918. The minimum absolute atomic E-state index is 0. The fourth-order valence-electron chi connectivity index (χ4n) is 2.90. The molecule has 1 aliphatic rings. The van der Waals surface area contributed by atoms with Gasteiger partial charge in [0.2, 0.25) is 0 Å². The zero-order valence-corrected chi connectivity index (χ0v) is 20.7. The number of carbonyl (C=O) groups excluding carboxylic acids is 1. The van der Waals surface area contributed by atoms with Gasteiger partial charge in [0.1, 0.15) is 5.60 Å². The first-order valence-corrected chi connectivity index (χ1v) is 10.6. The summed E-state index contributed by atoms with van der Waals surface area (Å²) in [6, 6.07) is 0.0852. The van der Waals surface area contributed by atoms with Gasteiger partial charge in [0.05, 0.1) is 11.0 Å². The maximum absolute atomic E-state index is 12.0. The van der Waals surface area contributed by atoms with Crippen LogP contribution in [0.4, 0.5) is 4.79 Å². The van der Waals surface area contributed by atoms with Crippen molar-refractivity contribution in [3.8, 4) is 0 Å². The highest BCUT2D eigenvalue weighted by molar-refractivity contribution is 14.0. The van der Waals surface area contributed by atoms with E-state index in [1.807, 2.05) is 27.7 Å². The number of ether oxygens (including phenoxy) is 1. The van der Waals surface area contributed by atoms with E-state index < -0.39 is 5.60 Å². The van der Waals surface area contributed by atoms with E-state index in [0.717, 1.165) is 57.1 Å². The lowest BCUT2D eigenvalue weighted by molar-refractivity contribution is 0.0507. The molecule has 2 heterocycles. The Kier molecular flexibility index (Phi) is 10.5. The van der Waals surface area contributed by atoms with Crippen LogP contribution < -0.4 is 10.6 Å². The summed E-state index contributed by atoms with van der Waals surface area (Å²) in [7, 11) is 0. The first kappa shape index (κ1) is 24.9. The van der Waals surface area contributed by atoms with Crippen LogP contribution in [0.25, 0.3) is 0 Å². The lowest BCUT2D eigenvalue weighted by Crippen LogP contribution is -2.44. The summed E-state index contributed by atoms with van der Waals surface area (Å²) in [5.41, 5.74) is 0.613. The third-order valence-electron chi connectivity index (χ3n) is 4.02. The van der Waals surface area contributed by atoms with Crippen LogP contribution in [0.3, 0.4) is 0 Å². The Morgan fingerprint density at radius 1 is 1.46 bits per heavy atom. The smallest absolute Gasteiger partial charge is 0.407 e. The van der Waals surface area contributed by atoms with E-state index in [1.54, 1.807) is 11.3 Å². The van der Waals surface area contributed by atoms with Crippen LogP contribution in [0.15, 0.2) is 10.4 Å². The first-order valence-electron chi connectivity index (χ1n) is 9.70. The quantitative estimate of drug-likeness (QED) is 0.258. The number of halogens is 1. The number of alkyl carbamates (subject to hydrolysis) is 1. The number of nitrogens with zero attached hydrogens (tertiary/aromatic N) is 3. The fourth-order valence-corrected chi connectivity index (χ4v) is 3.72.